The first-order chi connectivity index (χ1) is 8.52. The Morgan fingerprint density at radius 2 is 2.22 bits per heavy atom. The highest BCUT2D eigenvalue weighted by molar-refractivity contribution is 7.99. The van der Waals surface area contributed by atoms with Gasteiger partial charge >= 0.3 is 0 Å². The zero-order valence-corrected chi connectivity index (χ0v) is 11.8. The van der Waals surface area contributed by atoms with E-state index in [-0.39, 0.29) is 5.91 Å². The number of thioether (sulfide) groups is 1. The molecule has 0 spiro atoms. The number of nitrogen functional groups attached to an aromatic ring is 1. The van der Waals surface area contributed by atoms with Gasteiger partial charge in [-0.25, -0.2) is 0 Å². The zero-order chi connectivity index (χ0) is 13.5. The number of hydrogen-bond donors (Lipinski definition) is 2. The van der Waals surface area contributed by atoms with E-state index in [0.29, 0.717) is 28.8 Å². The highest BCUT2D eigenvalue weighted by Gasteiger charge is 2.08. The van der Waals surface area contributed by atoms with Crippen LogP contribution in [0.15, 0.2) is 18.2 Å². The molecular weight excluding hydrogens is 248 g/mol. The fraction of sp³-hybridized carbons (Fsp3) is 0.462. The fourth-order valence-corrected chi connectivity index (χ4v) is 2.19. The lowest BCUT2D eigenvalue weighted by Gasteiger charge is -2.11. The number of ether oxygens (including phenoxy) is 1. The second-order valence-corrected chi connectivity index (χ2v) is 5.86. The molecule has 0 saturated carbocycles. The first-order valence-corrected chi connectivity index (χ1v) is 6.92. The van der Waals surface area contributed by atoms with Crippen LogP contribution >= 0.6 is 11.8 Å². The summed E-state index contributed by atoms with van der Waals surface area (Å²) in [5.74, 6) is 1.40. The van der Waals surface area contributed by atoms with Gasteiger partial charge in [0.25, 0.3) is 0 Å². The third-order valence-corrected chi connectivity index (χ3v) is 3.39. The topological polar surface area (TPSA) is 64.3 Å². The van der Waals surface area contributed by atoms with Crippen molar-refractivity contribution in [2.75, 3.05) is 23.9 Å². The van der Waals surface area contributed by atoms with Gasteiger partial charge in [-0.15, -0.1) is 0 Å². The molecule has 1 aromatic carbocycles. The predicted molar refractivity (Wildman–Crippen MR) is 78.2 cm³/mol. The summed E-state index contributed by atoms with van der Waals surface area (Å²) in [4.78, 5) is 11.7. The summed E-state index contributed by atoms with van der Waals surface area (Å²) in [5.41, 5.74) is 6.92. The molecule has 0 fully saturated rings. The molecule has 0 aliphatic heterocycles. The Labute approximate surface area is 112 Å². The SMILES string of the molecule is COc1cc(N)ccc1NC(=O)CCSC(C)C. The number of hydrogen-bond acceptors (Lipinski definition) is 4. The maximum absolute atomic E-state index is 11.7. The highest BCUT2D eigenvalue weighted by Crippen LogP contribution is 2.26. The van der Waals surface area contributed by atoms with Gasteiger partial charge in [-0.2, -0.15) is 11.8 Å². The quantitative estimate of drug-likeness (QED) is 0.779. The molecule has 0 bridgehead atoms. The van der Waals surface area contributed by atoms with Crippen LogP contribution in [-0.4, -0.2) is 24.0 Å². The molecule has 0 saturated heterocycles. The van der Waals surface area contributed by atoms with Crippen molar-refractivity contribution in [2.45, 2.75) is 25.5 Å². The van der Waals surface area contributed by atoms with Crippen molar-refractivity contribution in [2.24, 2.45) is 0 Å². The van der Waals surface area contributed by atoms with Crippen LogP contribution in [0.2, 0.25) is 0 Å². The summed E-state index contributed by atoms with van der Waals surface area (Å²) in [7, 11) is 1.55. The number of nitrogens with two attached hydrogens (primary N) is 1. The standard InChI is InChI=1S/C13H20N2O2S/c1-9(2)18-7-6-13(16)15-11-5-4-10(14)8-12(11)17-3/h4-5,8-9H,6-7,14H2,1-3H3,(H,15,16). The molecule has 100 valence electrons. The fourth-order valence-electron chi connectivity index (χ4n) is 1.41. The first kappa shape index (κ1) is 14.7. The lowest BCUT2D eigenvalue weighted by atomic mass is 10.2. The Morgan fingerprint density at radius 3 is 2.83 bits per heavy atom. The smallest absolute Gasteiger partial charge is 0.225 e. The van der Waals surface area contributed by atoms with Crippen LogP contribution in [0.4, 0.5) is 11.4 Å². The molecule has 4 nitrogen and oxygen atoms in total. The van der Waals surface area contributed by atoms with Crippen LogP contribution in [0.5, 0.6) is 5.75 Å². The number of methoxy groups -OCH3 is 1. The van der Waals surface area contributed by atoms with Crippen LogP contribution in [0.1, 0.15) is 20.3 Å². The van der Waals surface area contributed by atoms with E-state index < -0.39 is 0 Å². The van der Waals surface area contributed by atoms with Crippen molar-refractivity contribution in [3.05, 3.63) is 18.2 Å². The lowest BCUT2D eigenvalue weighted by Crippen LogP contribution is -2.13. The molecule has 1 amide bonds. The molecule has 5 heteroatoms. The summed E-state index contributed by atoms with van der Waals surface area (Å²) >= 11 is 1.77. The maximum atomic E-state index is 11.7. The molecule has 0 unspecified atom stereocenters. The number of carbonyl (C=O) groups is 1. The van der Waals surface area contributed by atoms with Crippen molar-refractivity contribution in [3.63, 3.8) is 0 Å². The molecule has 0 atom stereocenters. The van der Waals surface area contributed by atoms with E-state index in [2.05, 4.69) is 19.2 Å². The van der Waals surface area contributed by atoms with E-state index in [4.69, 9.17) is 10.5 Å². The van der Waals surface area contributed by atoms with Gasteiger partial charge in [0.1, 0.15) is 5.75 Å². The largest absolute Gasteiger partial charge is 0.494 e. The number of benzene rings is 1. The van der Waals surface area contributed by atoms with Crippen molar-refractivity contribution < 1.29 is 9.53 Å². The minimum atomic E-state index is -0.00813. The van der Waals surface area contributed by atoms with Crippen LogP contribution in [-0.2, 0) is 4.79 Å². The number of rotatable bonds is 6. The molecule has 0 aromatic heterocycles. The van der Waals surface area contributed by atoms with Gasteiger partial charge in [-0.3, -0.25) is 4.79 Å². The molecule has 0 heterocycles. The average molecular weight is 268 g/mol. The van der Waals surface area contributed by atoms with Crippen molar-refractivity contribution in [1.82, 2.24) is 0 Å². The summed E-state index contributed by atoms with van der Waals surface area (Å²) in [5, 5.41) is 3.37. The Bertz CT molecular complexity index is 408. The summed E-state index contributed by atoms with van der Waals surface area (Å²) in [6, 6.07) is 5.18. The van der Waals surface area contributed by atoms with Crippen LogP contribution in [0, 0.1) is 0 Å². The molecule has 1 rings (SSSR count). The second kappa shape index (κ2) is 7.16. The minimum absolute atomic E-state index is 0.00813. The van der Waals surface area contributed by atoms with E-state index in [1.54, 1.807) is 37.1 Å². The van der Waals surface area contributed by atoms with Gasteiger partial charge in [-0.05, 0) is 17.4 Å². The molecule has 18 heavy (non-hydrogen) atoms. The minimum Gasteiger partial charge on any atom is -0.494 e. The molecule has 0 radical (unpaired) electrons. The van der Waals surface area contributed by atoms with Crippen molar-refractivity contribution >= 4 is 29.0 Å². The molecular formula is C13H20N2O2S. The Hall–Kier alpha value is -1.36. The molecule has 3 N–H and O–H groups in total. The van der Waals surface area contributed by atoms with Gasteiger partial charge in [0, 0.05) is 23.9 Å². The van der Waals surface area contributed by atoms with E-state index in [1.165, 1.54) is 0 Å². The van der Waals surface area contributed by atoms with E-state index in [1.807, 2.05) is 0 Å². The van der Waals surface area contributed by atoms with E-state index >= 15 is 0 Å². The van der Waals surface area contributed by atoms with Crippen LogP contribution in [0.3, 0.4) is 0 Å². The Balaban J connectivity index is 2.53. The molecule has 1 aromatic rings. The van der Waals surface area contributed by atoms with Crippen molar-refractivity contribution in [3.8, 4) is 5.75 Å². The number of nitrogens with one attached hydrogen (secondary N) is 1. The number of anilines is 2. The van der Waals surface area contributed by atoms with Gasteiger partial charge in [0.15, 0.2) is 0 Å². The lowest BCUT2D eigenvalue weighted by molar-refractivity contribution is -0.115. The maximum Gasteiger partial charge on any atom is 0.225 e. The zero-order valence-electron chi connectivity index (χ0n) is 11.0. The first-order valence-electron chi connectivity index (χ1n) is 5.88. The van der Waals surface area contributed by atoms with E-state index in [0.717, 1.165) is 5.75 Å². The third-order valence-electron chi connectivity index (χ3n) is 2.28. The van der Waals surface area contributed by atoms with Crippen LogP contribution < -0.4 is 15.8 Å². The second-order valence-electron chi connectivity index (χ2n) is 4.18. The Morgan fingerprint density at radius 1 is 1.50 bits per heavy atom. The predicted octanol–water partition coefficient (Wildman–Crippen LogP) is 2.75. The number of amides is 1. The van der Waals surface area contributed by atoms with E-state index in [9.17, 15) is 4.79 Å². The summed E-state index contributed by atoms with van der Waals surface area (Å²) < 4.78 is 5.17. The average Bonchev–Trinajstić information content (AvgIpc) is 2.31. The number of carbonyl (C=O) groups excluding carboxylic acids is 1. The highest BCUT2D eigenvalue weighted by atomic mass is 32.2. The summed E-state index contributed by atoms with van der Waals surface area (Å²) in [6.45, 7) is 4.23. The Kier molecular flexibility index (Phi) is 5.85. The summed E-state index contributed by atoms with van der Waals surface area (Å²) in [6.07, 6.45) is 0.496. The molecule has 0 aliphatic rings. The van der Waals surface area contributed by atoms with Crippen molar-refractivity contribution in [1.29, 1.82) is 0 Å². The monoisotopic (exact) mass is 268 g/mol. The van der Waals surface area contributed by atoms with Gasteiger partial charge < -0.3 is 15.8 Å². The van der Waals surface area contributed by atoms with Gasteiger partial charge in [0.2, 0.25) is 5.91 Å². The third kappa shape index (κ3) is 4.87. The van der Waals surface area contributed by atoms with Crippen LogP contribution in [0.25, 0.3) is 0 Å². The van der Waals surface area contributed by atoms with Gasteiger partial charge in [-0.1, -0.05) is 13.8 Å². The van der Waals surface area contributed by atoms with Gasteiger partial charge in [0.05, 0.1) is 12.8 Å². The molecule has 0 aliphatic carbocycles. The normalized spacial score (nSPS) is 10.4.